The summed E-state index contributed by atoms with van der Waals surface area (Å²) in [5.74, 6) is 1.08. The third-order valence-corrected chi connectivity index (χ3v) is 4.04. The van der Waals surface area contributed by atoms with Gasteiger partial charge in [-0.3, -0.25) is 4.90 Å². The Labute approximate surface area is 114 Å². The van der Waals surface area contributed by atoms with Gasteiger partial charge in [0.25, 0.3) is 0 Å². The molecule has 1 heterocycles. The quantitative estimate of drug-likeness (QED) is 0.838. The summed E-state index contributed by atoms with van der Waals surface area (Å²) in [4.78, 5) is 7.17. The molecule has 19 heavy (non-hydrogen) atoms. The summed E-state index contributed by atoms with van der Waals surface area (Å²) >= 11 is 0. The van der Waals surface area contributed by atoms with E-state index in [0.29, 0.717) is 0 Å². The standard InChI is InChI=1S/C15H22N4/c1-3-18(13-5-6-13)8-9-19-11(2)17-14-10-12(16)4-7-15(14)19/h4,7,10,13H,3,5-6,8-9,16H2,1-2H3. The zero-order valence-electron chi connectivity index (χ0n) is 11.8. The van der Waals surface area contributed by atoms with E-state index in [4.69, 9.17) is 5.73 Å². The molecule has 4 heteroatoms. The molecule has 1 aromatic carbocycles. The fourth-order valence-corrected chi connectivity index (χ4v) is 2.82. The van der Waals surface area contributed by atoms with Crippen molar-refractivity contribution in [2.45, 2.75) is 39.3 Å². The Balaban J connectivity index is 1.81. The van der Waals surface area contributed by atoms with Crippen molar-refractivity contribution in [1.82, 2.24) is 14.5 Å². The number of hydrogen-bond donors (Lipinski definition) is 1. The molecule has 0 amide bonds. The second-order valence-electron chi connectivity index (χ2n) is 5.42. The van der Waals surface area contributed by atoms with Crippen LogP contribution in [-0.2, 0) is 6.54 Å². The Morgan fingerprint density at radius 1 is 1.42 bits per heavy atom. The molecule has 1 fully saturated rings. The van der Waals surface area contributed by atoms with Crippen molar-refractivity contribution in [3.8, 4) is 0 Å². The Morgan fingerprint density at radius 2 is 2.21 bits per heavy atom. The van der Waals surface area contributed by atoms with Crippen LogP contribution in [0.3, 0.4) is 0 Å². The maximum Gasteiger partial charge on any atom is 0.106 e. The molecular weight excluding hydrogens is 236 g/mol. The Kier molecular flexibility index (Phi) is 3.19. The molecule has 3 rings (SSSR count). The van der Waals surface area contributed by atoms with Crippen molar-refractivity contribution in [2.75, 3.05) is 18.8 Å². The number of benzene rings is 1. The molecule has 0 radical (unpaired) electrons. The maximum absolute atomic E-state index is 5.82. The van der Waals surface area contributed by atoms with Gasteiger partial charge in [-0.05, 0) is 44.5 Å². The smallest absolute Gasteiger partial charge is 0.106 e. The first-order valence-electron chi connectivity index (χ1n) is 7.15. The van der Waals surface area contributed by atoms with Crippen LogP contribution >= 0.6 is 0 Å². The first-order chi connectivity index (χ1) is 9.19. The molecule has 102 valence electrons. The Morgan fingerprint density at radius 3 is 2.89 bits per heavy atom. The van der Waals surface area contributed by atoms with E-state index in [9.17, 15) is 0 Å². The van der Waals surface area contributed by atoms with Crippen molar-refractivity contribution >= 4 is 16.7 Å². The van der Waals surface area contributed by atoms with Crippen LogP contribution in [0.5, 0.6) is 0 Å². The van der Waals surface area contributed by atoms with E-state index in [-0.39, 0.29) is 0 Å². The number of nitrogens with two attached hydrogens (primary N) is 1. The molecule has 2 N–H and O–H groups in total. The van der Waals surface area contributed by atoms with Crippen LogP contribution in [0, 0.1) is 6.92 Å². The minimum absolute atomic E-state index is 0.783. The molecular formula is C15H22N4. The van der Waals surface area contributed by atoms with Crippen LogP contribution in [0.15, 0.2) is 18.2 Å². The molecule has 0 bridgehead atoms. The number of nitrogens with zero attached hydrogens (tertiary/aromatic N) is 3. The summed E-state index contributed by atoms with van der Waals surface area (Å²) in [6.45, 7) is 7.58. The zero-order valence-corrected chi connectivity index (χ0v) is 11.8. The predicted octanol–water partition coefficient (Wildman–Crippen LogP) is 2.41. The second kappa shape index (κ2) is 4.85. The van der Waals surface area contributed by atoms with Gasteiger partial charge in [-0.15, -0.1) is 0 Å². The first-order valence-corrected chi connectivity index (χ1v) is 7.15. The molecule has 1 aromatic heterocycles. The van der Waals surface area contributed by atoms with Gasteiger partial charge in [-0.1, -0.05) is 6.92 Å². The number of aromatic nitrogens is 2. The van der Waals surface area contributed by atoms with Crippen LogP contribution in [-0.4, -0.2) is 33.6 Å². The fourth-order valence-electron chi connectivity index (χ4n) is 2.82. The van der Waals surface area contributed by atoms with Crippen molar-refractivity contribution in [1.29, 1.82) is 0 Å². The molecule has 0 unspecified atom stereocenters. The average molecular weight is 258 g/mol. The minimum atomic E-state index is 0.783. The summed E-state index contributed by atoms with van der Waals surface area (Å²) in [6.07, 6.45) is 2.74. The summed E-state index contributed by atoms with van der Waals surface area (Å²) in [6, 6.07) is 6.82. The van der Waals surface area contributed by atoms with Gasteiger partial charge < -0.3 is 10.3 Å². The van der Waals surface area contributed by atoms with Crippen LogP contribution in [0.1, 0.15) is 25.6 Å². The van der Waals surface area contributed by atoms with Crippen LogP contribution in [0.2, 0.25) is 0 Å². The Bertz CT molecular complexity index is 583. The van der Waals surface area contributed by atoms with E-state index < -0.39 is 0 Å². The van der Waals surface area contributed by atoms with Gasteiger partial charge in [0.05, 0.1) is 11.0 Å². The highest BCUT2D eigenvalue weighted by Crippen LogP contribution is 2.26. The first kappa shape index (κ1) is 12.5. The molecule has 0 aliphatic heterocycles. The van der Waals surface area contributed by atoms with Crippen molar-refractivity contribution in [3.05, 3.63) is 24.0 Å². The van der Waals surface area contributed by atoms with Gasteiger partial charge in [0, 0.05) is 24.8 Å². The maximum atomic E-state index is 5.82. The normalized spacial score (nSPS) is 15.5. The third kappa shape index (κ3) is 2.45. The monoisotopic (exact) mass is 258 g/mol. The number of imidazole rings is 1. The summed E-state index contributed by atoms with van der Waals surface area (Å²) in [5, 5.41) is 0. The SMILES string of the molecule is CCN(CCn1c(C)nc2cc(N)ccc21)C1CC1. The molecule has 1 aliphatic carbocycles. The lowest BCUT2D eigenvalue weighted by atomic mass is 10.3. The van der Waals surface area contributed by atoms with Gasteiger partial charge >= 0.3 is 0 Å². The molecule has 2 aromatic rings. The van der Waals surface area contributed by atoms with Gasteiger partial charge in [0.2, 0.25) is 0 Å². The van der Waals surface area contributed by atoms with E-state index >= 15 is 0 Å². The largest absolute Gasteiger partial charge is 0.399 e. The number of aryl methyl sites for hydroxylation is 1. The van der Waals surface area contributed by atoms with Gasteiger partial charge in [-0.25, -0.2) is 4.98 Å². The van der Waals surface area contributed by atoms with E-state index in [2.05, 4.69) is 34.4 Å². The predicted molar refractivity (Wildman–Crippen MR) is 79.2 cm³/mol. The lowest BCUT2D eigenvalue weighted by Gasteiger charge is -2.20. The van der Waals surface area contributed by atoms with E-state index in [1.165, 1.54) is 18.4 Å². The van der Waals surface area contributed by atoms with Crippen LogP contribution in [0.25, 0.3) is 11.0 Å². The van der Waals surface area contributed by atoms with E-state index in [1.54, 1.807) is 0 Å². The van der Waals surface area contributed by atoms with E-state index in [1.807, 2.05) is 12.1 Å². The van der Waals surface area contributed by atoms with Crippen LogP contribution in [0.4, 0.5) is 5.69 Å². The zero-order chi connectivity index (χ0) is 13.4. The number of likely N-dealkylation sites (N-methyl/N-ethyl adjacent to an activating group) is 1. The lowest BCUT2D eigenvalue weighted by molar-refractivity contribution is 0.266. The fraction of sp³-hybridized carbons (Fsp3) is 0.533. The Hall–Kier alpha value is -1.55. The van der Waals surface area contributed by atoms with Gasteiger partial charge in [-0.2, -0.15) is 0 Å². The number of nitrogen functional groups attached to an aromatic ring is 1. The van der Waals surface area contributed by atoms with E-state index in [0.717, 1.165) is 42.7 Å². The van der Waals surface area contributed by atoms with Crippen LogP contribution < -0.4 is 5.73 Å². The minimum Gasteiger partial charge on any atom is -0.399 e. The number of anilines is 1. The average Bonchev–Trinajstić information content (AvgIpc) is 3.16. The summed E-state index contributed by atoms with van der Waals surface area (Å²) in [7, 11) is 0. The molecule has 0 atom stereocenters. The molecule has 4 nitrogen and oxygen atoms in total. The topological polar surface area (TPSA) is 47.1 Å². The number of fused-ring (bicyclic) bond motifs is 1. The van der Waals surface area contributed by atoms with Crippen molar-refractivity contribution in [3.63, 3.8) is 0 Å². The van der Waals surface area contributed by atoms with Crippen molar-refractivity contribution < 1.29 is 0 Å². The second-order valence-corrected chi connectivity index (χ2v) is 5.42. The highest BCUT2D eigenvalue weighted by molar-refractivity contribution is 5.79. The molecule has 0 spiro atoms. The number of hydrogen-bond acceptors (Lipinski definition) is 3. The highest BCUT2D eigenvalue weighted by Gasteiger charge is 2.27. The molecule has 1 saturated carbocycles. The van der Waals surface area contributed by atoms with Gasteiger partial charge in [0.1, 0.15) is 5.82 Å². The molecule has 1 aliphatic rings. The highest BCUT2D eigenvalue weighted by atomic mass is 15.2. The summed E-state index contributed by atoms with van der Waals surface area (Å²) in [5.41, 5.74) is 8.80. The third-order valence-electron chi connectivity index (χ3n) is 4.04. The summed E-state index contributed by atoms with van der Waals surface area (Å²) < 4.78 is 2.31. The van der Waals surface area contributed by atoms with Gasteiger partial charge in [0.15, 0.2) is 0 Å². The number of rotatable bonds is 5. The molecule has 0 saturated heterocycles. The lowest BCUT2D eigenvalue weighted by Crippen LogP contribution is -2.29. The van der Waals surface area contributed by atoms with Crippen molar-refractivity contribution in [2.24, 2.45) is 0 Å².